The molecule has 2 N–H and O–H groups in total. The topological polar surface area (TPSA) is 104 Å². The molecule has 1 aliphatic heterocycles. The number of nitrogens with zero attached hydrogens (tertiary/aromatic N) is 1. The molecule has 0 radical (unpaired) electrons. The molecule has 1 amide bonds. The van der Waals surface area contributed by atoms with Crippen LogP contribution in [0.25, 0.3) is 0 Å². The normalized spacial score (nSPS) is 17.7. The van der Waals surface area contributed by atoms with Crippen molar-refractivity contribution in [1.82, 2.24) is 9.62 Å². The van der Waals surface area contributed by atoms with Gasteiger partial charge in [0.1, 0.15) is 0 Å². The van der Waals surface area contributed by atoms with E-state index in [1.807, 2.05) is 0 Å². The molecule has 134 valence electrons. The summed E-state index contributed by atoms with van der Waals surface area (Å²) < 4.78 is 26.2. The number of hydrogen-bond acceptors (Lipinski definition) is 5. The zero-order valence-corrected chi connectivity index (χ0v) is 15.0. The molecule has 0 aliphatic carbocycles. The third-order valence-electron chi connectivity index (χ3n) is 3.67. The third kappa shape index (κ3) is 4.98. The Labute approximate surface area is 150 Å². The van der Waals surface area contributed by atoms with Crippen LogP contribution in [-0.4, -0.2) is 60.9 Å². The van der Waals surface area contributed by atoms with Crippen LogP contribution in [-0.2, 0) is 14.8 Å². The lowest BCUT2D eigenvalue weighted by Crippen LogP contribution is -2.47. The second-order valence-corrected chi connectivity index (χ2v) is 8.29. The Kier molecular flexibility index (Phi) is 6.47. The lowest BCUT2D eigenvalue weighted by Gasteiger charge is -2.34. The number of carboxylic acid groups (broad SMARTS) is 1. The largest absolute Gasteiger partial charge is 0.481 e. The van der Waals surface area contributed by atoms with Crippen molar-refractivity contribution in [3.63, 3.8) is 0 Å². The molecule has 7 nitrogen and oxygen atoms in total. The minimum atomic E-state index is -3.71. The van der Waals surface area contributed by atoms with Crippen molar-refractivity contribution in [3.8, 4) is 12.3 Å². The highest BCUT2D eigenvalue weighted by molar-refractivity contribution is 7.99. The maximum Gasteiger partial charge on any atom is 0.305 e. The summed E-state index contributed by atoms with van der Waals surface area (Å²) in [5.74, 6) is 2.24. The number of rotatable bonds is 6. The minimum absolute atomic E-state index is 0.00980. The summed E-state index contributed by atoms with van der Waals surface area (Å²) in [6.45, 7) is 0.344. The average Bonchev–Trinajstić information content (AvgIpc) is 2.59. The number of benzene rings is 1. The van der Waals surface area contributed by atoms with E-state index in [1.54, 1.807) is 16.7 Å². The number of sulfonamides is 1. The zero-order chi connectivity index (χ0) is 18.4. The quantitative estimate of drug-likeness (QED) is 0.700. The molecule has 1 fully saturated rings. The summed E-state index contributed by atoms with van der Waals surface area (Å²) in [7, 11) is -3.71. The Morgan fingerprint density at radius 1 is 1.36 bits per heavy atom. The monoisotopic (exact) mass is 382 g/mol. The van der Waals surface area contributed by atoms with Gasteiger partial charge in [0.25, 0.3) is 5.91 Å². The first kappa shape index (κ1) is 19.3. The number of terminal acetylenes is 1. The molecule has 1 unspecified atom stereocenters. The molecule has 9 heteroatoms. The van der Waals surface area contributed by atoms with E-state index in [9.17, 15) is 18.0 Å². The smallest absolute Gasteiger partial charge is 0.305 e. The third-order valence-corrected chi connectivity index (χ3v) is 6.18. The van der Waals surface area contributed by atoms with Crippen LogP contribution in [0.3, 0.4) is 0 Å². The van der Waals surface area contributed by atoms with Crippen LogP contribution in [0, 0.1) is 12.3 Å². The number of carbonyl (C=O) groups excluding carboxylic acids is 1. The Morgan fingerprint density at radius 2 is 2.04 bits per heavy atom. The van der Waals surface area contributed by atoms with E-state index in [0.29, 0.717) is 17.9 Å². The molecular weight excluding hydrogens is 364 g/mol. The first-order valence-corrected chi connectivity index (χ1v) is 10.1. The molecule has 1 aliphatic rings. The predicted octanol–water partition coefficient (Wildman–Crippen LogP) is 0.630. The van der Waals surface area contributed by atoms with Crippen LogP contribution < -0.4 is 4.72 Å². The standard InChI is InChI=1S/C16H18N2O5S2/c1-2-7-17-25(22,23)14-5-3-12(4-6-14)16(21)18-8-9-24-11-13(18)10-15(19)20/h1,3-6,13,17H,7-11H2,(H,19,20). The van der Waals surface area contributed by atoms with Crippen molar-refractivity contribution >= 4 is 33.7 Å². The fourth-order valence-corrected chi connectivity index (χ4v) is 4.45. The molecule has 1 aromatic carbocycles. The van der Waals surface area contributed by atoms with E-state index in [1.165, 1.54) is 24.3 Å². The van der Waals surface area contributed by atoms with E-state index in [-0.39, 0.29) is 29.8 Å². The van der Waals surface area contributed by atoms with Crippen LogP contribution in [0.4, 0.5) is 0 Å². The fourth-order valence-electron chi connectivity index (χ4n) is 2.46. The van der Waals surface area contributed by atoms with Gasteiger partial charge in [-0.2, -0.15) is 16.5 Å². The van der Waals surface area contributed by atoms with Gasteiger partial charge in [0.15, 0.2) is 0 Å². The highest BCUT2D eigenvalue weighted by Crippen LogP contribution is 2.22. The molecule has 25 heavy (non-hydrogen) atoms. The lowest BCUT2D eigenvalue weighted by atomic mass is 10.1. The molecule has 0 spiro atoms. The average molecular weight is 382 g/mol. The van der Waals surface area contributed by atoms with E-state index < -0.39 is 16.0 Å². The van der Waals surface area contributed by atoms with E-state index in [4.69, 9.17) is 11.5 Å². The summed E-state index contributed by atoms with van der Waals surface area (Å²) in [5.41, 5.74) is 0.318. The SMILES string of the molecule is C#CCNS(=O)(=O)c1ccc(C(=O)N2CCSCC2CC(=O)O)cc1. The Hall–Kier alpha value is -2.02. The van der Waals surface area contributed by atoms with Crippen molar-refractivity contribution in [1.29, 1.82) is 0 Å². The number of carboxylic acids is 1. The van der Waals surface area contributed by atoms with Crippen LogP contribution >= 0.6 is 11.8 Å². The molecule has 0 bridgehead atoms. The van der Waals surface area contributed by atoms with Gasteiger partial charge in [0, 0.05) is 23.6 Å². The van der Waals surface area contributed by atoms with Gasteiger partial charge >= 0.3 is 5.97 Å². The molecule has 1 atom stereocenters. The summed E-state index contributed by atoms with van der Waals surface area (Å²) in [6.07, 6.45) is 4.93. The Balaban J connectivity index is 2.16. The lowest BCUT2D eigenvalue weighted by molar-refractivity contribution is -0.138. The van der Waals surface area contributed by atoms with E-state index >= 15 is 0 Å². The van der Waals surface area contributed by atoms with Crippen LogP contribution in [0.15, 0.2) is 29.2 Å². The van der Waals surface area contributed by atoms with Gasteiger partial charge in [-0.25, -0.2) is 8.42 Å². The van der Waals surface area contributed by atoms with Gasteiger partial charge in [-0.05, 0) is 24.3 Å². The Morgan fingerprint density at radius 3 is 2.64 bits per heavy atom. The number of carbonyl (C=O) groups is 2. The summed E-state index contributed by atoms with van der Waals surface area (Å²) >= 11 is 1.61. The van der Waals surface area contributed by atoms with Gasteiger partial charge in [-0.3, -0.25) is 9.59 Å². The zero-order valence-electron chi connectivity index (χ0n) is 13.3. The number of nitrogens with one attached hydrogen (secondary N) is 1. The molecule has 1 heterocycles. The van der Waals surface area contributed by atoms with Gasteiger partial charge < -0.3 is 10.0 Å². The van der Waals surface area contributed by atoms with Crippen LogP contribution in [0.5, 0.6) is 0 Å². The minimum Gasteiger partial charge on any atom is -0.481 e. The maximum absolute atomic E-state index is 12.7. The van der Waals surface area contributed by atoms with E-state index in [2.05, 4.69) is 10.6 Å². The van der Waals surface area contributed by atoms with Crippen molar-refractivity contribution in [2.45, 2.75) is 17.4 Å². The molecule has 1 aromatic rings. The van der Waals surface area contributed by atoms with Gasteiger partial charge in [0.2, 0.25) is 10.0 Å². The molecule has 0 saturated carbocycles. The molecular formula is C16H18N2O5S2. The first-order chi connectivity index (χ1) is 11.8. The summed E-state index contributed by atoms with van der Waals surface area (Å²) in [5, 5.41) is 9.00. The first-order valence-electron chi connectivity index (χ1n) is 7.49. The molecule has 1 saturated heterocycles. The number of hydrogen-bond donors (Lipinski definition) is 2. The van der Waals surface area contributed by atoms with Crippen molar-refractivity contribution in [2.24, 2.45) is 0 Å². The van der Waals surface area contributed by atoms with Crippen LogP contribution in [0.2, 0.25) is 0 Å². The summed E-state index contributed by atoms with van der Waals surface area (Å²) in [4.78, 5) is 25.2. The van der Waals surface area contributed by atoms with Gasteiger partial charge in [0.05, 0.1) is 23.9 Å². The van der Waals surface area contributed by atoms with Crippen molar-refractivity contribution in [2.75, 3.05) is 24.6 Å². The van der Waals surface area contributed by atoms with Gasteiger partial charge in [-0.15, -0.1) is 6.42 Å². The second kappa shape index (κ2) is 8.38. The Bertz CT molecular complexity index is 784. The van der Waals surface area contributed by atoms with Crippen LogP contribution in [0.1, 0.15) is 16.8 Å². The predicted molar refractivity (Wildman–Crippen MR) is 94.9 cm³/mol. The highest BCUT2D eigenvalue weighted by atomic mass is 32.2. The van der Waals surface area contributed by atoms with Crippen molar-refractivity contribution < 1.29 is 23.1 Å². The molecule has 2 rings (SSSR count). The number of amides is 1. The fraction of sp³-hybridized carbons (Fsp3) is 0.375. The van der Waals surface area contributed by atoms with Gasteiger partial charge in [-0.1, -0.05) is 5.92 Å². The second-order valence-electron chi connectivity index (χ2n) is 5.38. The highest BCUT2D eigenvalue weighted by Gasteiger charge is 2.29. The number of aliphatic carboxylic acids is 1. The van der Waals surface area contributed by atoms with E-state index in [0.717, 1.165) is 5.75 Å². The summed E-state index contributed by atoms with van der Waals surface area (Å²) in [6, 6.07) is 5.14. The number of thioether (sulfide) groups is 1. The molecule has 0 aromatic heterocycles. The maximum atomic E-state index is 12.7. The van der Waals surface area contributed by atoms with Crippen molar-refractivity contribution in [3.05, 3.63) is 29.8 Å².